The highest BCUT2D eigenvalue weighted by atomic mass is 16.3. The molecular formula is C14H20O. The molecule has 0 aliphatic heterocycles. The fourth-order valence-corrected chi connectivity index (χ4v) is 2.69. The van der Waals surface area contributed by atoms with Crippen LogP contribution in [0.15, 0.2) is 24.3 Å². The van der Waals surface area contributed by atoms with Crippen LogP contribution in [0.1, 0.15) is 37.3 Å². The van der Waals surface area contributed by atoms with E-state index < -0.39 is 0 Å². The highest BCUT2D eigenvalue weighted by Crippen LogP contribution is 2.50. The van der Waals surface area contributed by atoms with Gasteiger partial charge < -0.3 is 5.11 Å². The molecule has 0 amide bonds. The van der Waals surface area contributed by atoms with Crippen molar-refractivity contribution in [1.82, 2.24) is 0 Å². The van der Waals surface area contributed by atoms with Gasteiger partial charge in [0.05, 0.1) is 6.10 Å². The maximum Gasteiger partial charge on any atom is 0.0543 e. The topological polar surface area (TPSA) is 20.2 Å². The number of benzene rings is 1. The molecule has 1 aliphatic carbocycles. The third kappa shape index (κ3) is 2.07. The summed E-state index contributed by atoms with van der Waals surface area (Å²) in [6.45, 7) is 6.37. The molecule has 2 rings (SSSR count). The number of hydrogen-bond donors (Lipinski definition) is 1. The Morgan fingerprint density at radius 3 is 2.40 bits per heavy atom. The van der Waals surface area contributed by atoms with Gasteiger partial charge in [0, 0.05) is 0 Å². The predicted molar refractivity (Wildman–Crippen MR) is 62.9 cm³/mol. The zero-order chi connectivity index (χ0) is 11.0. The van der Waals surface area contributed by atoms with Gasteiger partial charge in [-0.2, -0.15) is 0 Å². The fraction of sp³-hybridized carbons (Fsp3) is 0.571. The smallest absolute Gasteiger partial charge is 0.0543 e. The molecule has 15 heavy (non-hydrogen) atoms. The van der Waals surface area contributed by atoms with E-state index in [-0.39, 0.29) is 6.10 Å². The lowest BCUT2D eigenvalue weighted by Crippen LogP contribution is -2.08. The lowest BCUT2D eigenvalue weighted by atomic mass is 9.91. The summed E-state index contributed by atoms with van der Waals surface area (Å²) in [5.74, 6) is 1.80. The highest BCUT2D eigenvalue weighted by molar-refractivity contribution is 5.30. The minimum atomic E-state index is -0.138. The second-order valence-corrected chi connectivity index (χ2v) is 4.95. The minimum absolute atomic E-state index is 0.138. The monoisotopic (exact) mass is 204 g/mol. The summed E-state index contributed by atoms with van der Waals surface area (Å²) in [7, 11) is 0. The van der Waals surface area contributed by atoms with Gasteiger partial charge in [0.1, 0.15) is 0 Å². The van der Waals surface area contributed by atoms with E-state index in [1.807, 2.05) is 6.92 Å². The van der Waals surface area contributed by atoms with E-state index >= 15 is 0 Å². The molecule has 1 aliphatic rings. The van der Waals surface area contributed by atoms with Crippen LogP contribution in [0.4, 0.5) is 0 Å². The summed E-state index contributed by atoms with van der Waals surface area (Å²) < 4.78 is 0. The molecule has 1 N–H and O–H groups in total. The summed E-state index contributed by atoms with van der Waals surface area (Å²) in [6, 6.07) is 8.59. The zero-order valence-electron chi connectivity index (χ0n) is 9.77. The Morgan fingerprint density at radius 1 is 1.20 bits per heavy atom. The molecule has 1 aromatic carbocycles. The molecule has 1 nitrogen and oxygen atoms in total. The van der Waals surface area contributed by atoms with Crippen molar-refractivity contribution in [3.05, 3.63) is 35.4 Å². The van der Waals surface area contributed by atoms with Gasteiger partial charge in [-0.3, -0.25) is 0 Å². The van der Waals surface area contributed by atoms with Crippen molar-refractivity contribution < 1.29 is 5.11 Å². The van der Waals surface area contributed by atoms with Gasteiger partial charge in [0.2, 0.25) is 0 Å². The van der Waals surface area contributed by atoms with Crippen LogP contribution in [0.25, 0.3) is 0 Å². The Bertz CT molecular complexity index is 343. The van der Waals surface area contributed by atoms with E-state index in [4.69, 9.17) is 0 Å². The van der Waals surface area contributed by atoms with Gasteiger partial charge in [-0.05, 0) is 49.1 Å². The first-order valence-corrected chi connectivity index (χ1v) is 5.85. The van der Waals surface area contributed by atoms with Gasteiger partial charge in [-0.15, -0.1) is 0 Å². The van der Waals surface area contributed by atoms with Crippen LogP contribution in [0, 0.1) is 18.8 Å². The number of hydrogen-bond acceptors (Lipinski definition) is 1. The molecule has 0 radical (unpaired) electrons. The van der Waals surface area contributed by atoms with Crippen molar-refractivity contribution in [3.8, 4) is 0 Å². The zero-order valence-corrected chi connectivity index (χ0v) is 9.77. The first-order valence-electron chi connectivity index (χ1n) is 5.85. The SMILES string of the molecule is Cc1ccccc1C(C)C1CC1C(C)O. The third-order valence-corrected chi connectivity index (χ3v) is 3.83. The maximum atomic E-state index is 9.53. The first kappa shape index (κ1) is 10.7. The Morgan fingerprint density at radius 2 is 1.87 bits per heavy atom. The van der Waals surface area contributed by atoms with E-state index in [0.717, 1.165) is 0 Å². The molecule has 1 aromatic rings. The average molecular weight is 204 g/mol. The van der Waals surface area contributed by atoms with Crippen LogP contribution >= 0.6 is 0 Å². The van der Waals surface area contributed by atoms with Gasteiger partial charge >= 0.3 is 0 Å². The van der Waals surface area contributed by atoms with Crippen LogP contribution in [-0.2, 0) is 0 Å². The van der Waals surface area contributed by atoms with Gasteiger partial charge in [0.15, 0.2) is 0 Å². The van der Waals surface area contributed by atoms with E-state index in [0.29, 0.717) is 17.8 Å². The normalized spacial score (nSPS) is 28.5. The van der Waals surface area contributed by atoms with Crippen LogP contribution in [-0.4, -0.2) is 11.2 Å². The van der Waals surface area contributed by atoms with E-state index in [2.05, 4.69) is 38.1 Å². The summed E-state index contributed by atoms with van der Waals surface area (Å²) in [5, 5.41) is 9.53. The standard InChI is InChI=1S/C14H20O/c1-9-6-4-5-7-12(9)10(2)13-8-14(13)11(3)15/h4-7,10-11,13-15H,8H2,1-3H3. The molecule has 0 aromatic heterocycles. The number of aryl methyl sites for hydroxylation is 1. The number of aliphatic hydroxyl groups is 1. The predicted octanol–water partition coefficient (Wildman–Crippen LogP) is 3.12. The Kier molecular flexibility index (Phi) is 2.83. The van der Waals surface area contributed by atoms with Crippen molar-refractivity contribution in [2.24, 2.45) is 11.8 Å². The van der Waals surface area contributed by atoms with Gasteiger partial charge in [0.25, 0.3) is 0 Å². The van der Waals surface area contributed by atoms with Gasteiger partial charge in [-0.25, -0.2) is 0 Å². The van der Waals surface area contributed by atoms with Crippen LogP contribution in [0.3, 0.4) is 0 Å². The second kappa shape index (κ2) is 3.97. The van der Waals surface area contributed by atoms with Crippen LogP contribution < -0.4 is 0 Å². The van der Waals surface area contributed by atoms with Crippen LogP contribution in [0.5, 0.6) is 0 Å². The molecule has 0 spiro atoms. The molecule has 1 fully saturated rings. The summed E-state index contributed by atoms with van der Waals surface area (Å²) in [5.41, 5.74) is 2.83. The maximum absolute atomic E-state index is 9.53. The molecule has 1 saturated carbocycles. The molecule has 0 saturated heterocycles. The lowest BCUT2D eigenvalue weighted by Gasteiger charge is -2.15. The van der Waals surface area contributed by atoms with Crippen LogP contribution in [0.2, 0.25) is 0 Å². The minimum Gasteiger partial charge on any atom is -0.393 e. The lowest BCUT2D eigenvalue weighted by molar-refractivity contribution is 0.162. The number of aliphatic hydroxyl groups excluding tert-OH is 1. The van der Waals surface area contributed by atoms with Gasteiger partial charge in [-0.1, -0.05) is 31.2 Å². The molecule has 0 heterocycles. The molecule has 4 atom stereocenters. The van der Waals surface area contributed by atoms with Crippen molar-refractivity contribution in [3.63, 3.8) is 0 Å². The largest absolute Gasteiger partial charge is 0.393 e. The van der Waals surface area contributed by atoms with E-state index in [1.165, 1.54) is 17.5 Å². The first-order chi connectivity index (χ1) is 7.11. The molecule has 0 bridgehead atoms. The highest BCUT2D eigenvalue weighted by Gasteiger charge is 2.44. The average Bonchev–Trinajstić information content (AvgIpc) is 2.97. The Balaban J connectivity index is 2.10. The van der Waals surface area contributed by atoms with Crippen molar-refractivity contribution in [1.29, 1.82) is 0 Å². The Hall–Kier alpha value is -0.820. The summed E-state index contributed by atoms with van der Waals surface area (Å²) in [6.07, 6.45) is 1.05. The van der Waals surface area contributed by atoms with Crippen molar-refractivity contribution >= 4 is 0 Å². The molecule has 82 valence electrons. The Labute approximate surface area is 92.1 Å². The van der Waals surface area contributed by atoms with E-state index in [1.54, 1.807) is 0 Å². The quantitative estimate of drug-likeness (QED) is 0.802. The summed E-state index contributed by atoms with van der Waals surface area (Å²) in [4.78, 5) is 0. The van der Waals surface area contributed by atoms with Crippen molar-refractivity contribution in [2.45, 2.75) is 39.2 Å². The fourth-order valence-electron chi connectivity index (χ4n) is 2.69. The molecule has 1 heteroatoms. The number of rotatable bonds is 3. The second-order valence-electron chi connectivity index (χ2n) is 4.95. The summed E-state index contributed by atoms with van der Waals surface area (Å²) >= 11 is 0. The van der Waals surface area contributed by atoms with Crippen molar-refractivity contribution in [2.75, 3.05) is 0 Å². The molecule has 4 unspecified atom stereocenters. The van der Waals surface area contributed by atoms with E-state index in [9.17, 15) is 5.11 Å². The third-order valence-electron chi connectivity index (χ3n) is 3.83. The molecular weight excluding hydrogens is 184 g/mol.